The van der Waals surface area contributed by atoms with E-state index in [1.54, 1.807) is 0 Å². The number of likely N-dealkylation sites (N-methyl/N-ethyl adjacent to an activating group) is 1. The van der Waals surface area contributed by atoms with Gasteiger partial charge in [-0.3, -0.25) is 4.90 Å². The van der Waals surface area contributed by atoms with Crippen LogP contribution in [-0.4, -0.2) is 37.1 Å². The van der Waals surface area contributed by atoms with Crippen molar-refractivity contribution >= 4 is 27.3 Å². The quantitative estimate of drug-likeness (QED) is 0.852. The Labute approximate surface area is 112 Å². The van der Waals surface area contributed by atoms with Crippen molar-refractivity contribution in [2.75, 3.05) is 36.8 Å². The van der Waals surface area contributed by atoms with Gasteiger partial charge in [-0.25, -0.2) is 0 Å². The molecule has 2 N–H and O–H groups in total. The van der Waals surface area contributed by atoms with Gasteiger partial charge in [-0.2, -0.15) is 0 Å². The predicted octanol–water partition coefficient (Wildman–Crippen LogP) is 2.56. The summed E-state index contributed by atoms with van der Waals surface area (Å²) in [7, 11) is 0. The van der Waals surface area contributed by atoms with E-state index in [-0.39, 0.29) is 0 Å². The number of hydrogen-bond acceptors (Lipinski definition) is 3. The van der Waals surface area contributed by atoms with E-state index in [1.807, 2.05) is 12.1 Å². The topological polar surface area (TPSA) is 32.5 Å². The summed E-state index contributed by atoms with van der Waals surface area (Å²) in [5.41, 5.74) is 8.08. The Morgan fingerprint density at radius 3 is 2.82 bits per heavy atom. The van der Waals surface area contributed by atoms with E-state index >= 15 is 0 Å². The van der Waals surface area contributed by atoms with E-state index < -0.39 is 0 Å². The van der Waals surface area contributed by atoms with Crippen molar-refractivity contribution in [1.82, 2.24) is 4.90 Å². The van der Waals surface area contributed by atoms with E-state index in [0.29, 0.717) is 6.04 Å². The second kappa shape index (κ2) is 5.27. The van der Waals surface area contributed by atoms with Gasteiger partial charge in [0.15, 0.2) is 0 Å². The zero-order valence-electron chi connectivity index (χ0n) is 10.5. The first kappa shape index (κ1) is 12.7. The number of nitrogens with zero attached hydrogens (tertiary/aromatic N) is 2. The van der Waals surface area contributed by atoms with Crippen molar-refractivity contribution < 1.29 is 0 Å². The average molecular weight is 298 g/mol. The average Bonchev–Trinajstić information content (AvgIpc) is 2.32. The van der Waals surface area contributed by atoms with Crippen molar-refractivity contribution in [3.63, 3.8) is 0 Å². The van der Waals surface area contributed by atoms with Crippen LogP contribution >= 0.6 is 15.9 Å². The van der Waals surface area contributed by atoms with Crippen LogP contribution in [0, 0.1) is 0 Å². The fraction of sp³-hybridized carbons (Fsp3) is 0.538. The third-order valence-corrected chi connectivity index (χ3v) is 4.00. The van der Waals surface area contributed by atoms with Crippen LogP contribution < -0.4 is 10.6 Å². The lowest BCUT2D eigenvalue weighted by atomic mass is 10.1. The molecule has 0 radical (unpaired) electrons. The number of halogens is 1. The summed E-state index contributed by atoms with van der Waals surface area (Å²) in [5.74, 6) is 0. The molecule has 4 heteroatoms. The maximum absolute atomic E-state index is 6.06. The van der Waals surface area contributed by atoms with Crippen LogP contribution in [0.3, 0.4) is 0 Å². The Balaban J connectivity index is 2.16. The number of hydrogen-bond donors (Lipinski definition) is 1. The monoisotopic (exact) mass is 297 g/mol. The number of rotatable bonds is 2. The van der Waals surface area contributed by atoms with Gasteiger partial charge in [-0.1, -0.05) is 22.9 Å². The number of nitrogen functional groups attached to an aromatic ring is 1. The van der Waals surface area contributed by atoms with Crippen molar-refractivity contribution in [3.05, 3.63) is 22.7 Å². The Bertz CT molecular complexity index is 394. The van der Waals surface area contributed by atoms with Crippen LogP contribution in [-0.2, 0) is 0 Å². The molecule has 0 bridgehead atoms. The first-order valence-electron chi connectivity index (χ1n) is 6.16. The largest absolute Gasteiger partial charge is 0.397 e. The molecule has 1 fully saturated rings. The van der Waals surface area contributed by atoms with E-state index in [9.17, 15) is 0 Å². The highest BCUT2D eigenvalue weighted by molar-refractivity contribution is 9.10. The first-order valence-corrected chi connectivity index (χ1v) is 6.95. The molecule has 94 valence electrons. The predicted molar refractivity (Wildman–Crippen MR) is 77.5 cm³/mol. The summed E-state index contributed by atoms with van der Waals surface area (Å²) in [4.78, 5) is 4.89. The minimum absolute atomic E-state index is 0.590. The van der Waals surface area contributed by atoms with Gasteiger partial charge in [-0.05, 0) is 31.7 Å². The molecule has 3 nitrogen and oxygen atoms in total. The minimum Gasteiger partial charge on any atom is -0.397 e. The molecule has 1 aromatic carbocycles. The highest BCUT2D eigenvalue weighted by Crippen LogP contribution is 2.28. The summed E-state index contributed by atoms with van der Waals surface area (Å²) >= 11 is 3.51. The molecule has 0 spiro atoms. The van der Waals surface area contributed by atoms with Crippen molar-refractivity contribution in [2.45, 2.75) is 19.9 Å². The number of nitrogens with two attached hydrogens (primary N) is 1. The van der Waals surface area contributed by atoms with E-state index in [0.717, 1.165) is 42.0 Å². The highest BCUT2D eigenvalue weighted by atomic mass is 79.9. The number of benzene rings is 1. The first-order chi connectivity index (χ1) is 8.11. The molecule has 2 rings (SSSR count). The SMILES string of the molecule is CCN1CCN(c2cc(Br)ccc2N)CC1C. The molecule has 0 aromatic heterocycles. The zero-order valence-corrected chi connectivity index (χ0v) is 12.1. The second-order valence-corrected chi connectivity index (χ2v) is 5.54. The normalized spacial score (nSPS) is 21.8. The Hall–Kier alpha value is -0.740. The molecule has 1 aliphatic rings. The molecule has 0 saturated carbocycles. The van der Waals surface area contributed by atoms with Gasteiger partial charge in [-0.15, -0.1) is 0 Å². The lowest BCUT2D eigenvalue weighted by Crippen LogP contribution is -2.51. The lowest BCUT2D eigenvalue weighted by molar-refractivity contribution is 0.199. The Kier molecular flexibility index (Phi) is 3.94. The van der Waals surface area contributed by atoms with Crippen LogP contribution in [0.4, 0.5) is 11.4 Å². The summed E-state index contributed by atoms with van der Waals surface area (Å²) in [6.45, 7) is 8.85. The molecule has 0 aliphatic carbocycles. The Morgan fingerprint density at radius 2 is 2.18 bits per heavy atom. The van der Waals surface area contributed by atoms with Crippen molar-refractivity contribution in [3.8, 4) is 0 Å². The fourth-order valence-electron chi connectivity index (χ4n) is 2.47. The lowest BCUT2D eigenvalue weighted by Gasteiger charge is -2.40. The second-order valence-electron chi connectivity index (χ2n) is 4.63. The number of anilines is 2. The van der Waals surface area contributed by atoms with Crippen LogP contribution in [0.2, 0.25) is 0 Å². The summed E-state index contributed by atoms with van der Waals surface area (Å²) in [6, 6.07) is 6.66. The maximum Gasteiger partial charge on any atom is 0.0612 e. The third kappa shape index (κ3) is 2.75. The maximum atomic E-state index is 6.06. The zero-order chi connectivity index (χ0) is 12.4. The van der Waals surface area contributed by atoms with Gasteiger partial charge in [0.1, 0.15) is 0 Å². The Morgan fingerprint density at radius 1 is 1.41 bits per heavy atom. The molecule has 17 heavy (non-hydrogen) atoms. The van der Waals surface area contributed by atoms with Gasteiger partial charge in [0.05, 0.1) is 11.4 Å². The summed E-state index contributed by atoms with van der Waals surface area (Å²) in [6.07, 6.45) is 0. The van der Waals surface area contributed by atoms with Gasteiger partial charge in [0, 0.05) is 30.1 Å². The molecule has 1 heterocycles. The molecule has 1 atom stereocenters. The van der Waals surface area contributed by atoms with E-state index in [4.69, 9.17) is 5.73 Å². The fourth-order valence-corrected chi connectivity index (χ4v) is 2.82. The molecule has 1 unspecified atom stereocenters. The molecule has 0 amide bonds. The van der Waals surface area contributed by atoms with E-state index in [1.165, 1.54) is 0 Å². The number of piperazine rings is 1. The van der Waals surface area contributed by atoms with Gasteiger partial charge in [0.25, 0.3) is 0 Å². The van der Waals surface area contributed by atoms with Crippen molar-refractivity contribution in [1.29, 1.82) is 0 Å². The van der Waals surface area contributed by atoms with Crippen molar-refractivity contribution in [2.24, 2.45) is 0 Å². The van der Waals surface area contributed by atoms with Crippen LogP contribution in [0.1, 0.15) is 13.8 Å². The van der Waals surface area contributed by atoms with Gasteiger partial charge in [0.2, 0.25) is 0 Å². The highest BCUT2D eigenvalue weighted by Gasteiger charge is 2.23. The van der Waals surface area contributed by atoms with Crippen LogP contribution in [0.25, 0.3) is 0 Å². The standard InChI is InChI=1S/C13H20BrN3/c1-3-16-6-7-17(9-10(16)2)13-8-11(14)4-5-12(13)15/h4-5,8,10H,3,6-7,9,15H2,1-2H3. The van der Waals surface area contributed by atoms with Gasteiger partial charge >= 0.3 is 0 Å². The molecular formula is C13H20BrN3. The van der Waals surface area contributed by atoms with Crippen LogP contribution in [0.15, 0.2) is 22.7 Å². The van der Waals surface area contributed by atoms with Gasteiger partial charge < -0.3 is 10.6 Å². The third-order valence-electron chi connectivity index (χ3n) is 3.50. The smallest absolute Gasteiger partial charge is 0.0612 e. The molecule has 1 aromatic rings. The summed E-state index contributed by atoms with van der Waals surface area (Å²) in [5, 5.41) is 0. The molecular weight excluding hydrogens is 278 g/mol. The molecule has 1 saturated heterocycles. The summed E-state index contributed by atoms with van der Waals surface area (Å²) < 4.78 is 1.09. The van der Waals surface area contributed by atoms with Crippen LogP contribution in [0.5, 0.6) is 0 Å². The van der Waals surface area contributed by atoms with E-state index in [2.05, 4.69) is 45.6 Å². The molecule has 1 aliphatic heterocycles. The minimum atomic E-state index is 0.590.